The Kier molecular flexibility index (Phi) is 11.0. The zero-order valence-corrected chi connectivity index (χ0v) is 22.9. The summed E-state index contributed by atoms with van der Waals surface area (Å²) in [5.41, 5.74) is 2.21. The van der Waals surface area contributed by atoms with Crippen molar-refractivity contribution in [3.63, 3.8) is 0 Å². The molecule has 2 aromatic carbocycles. The van der Waals surface area contributed by atoms with Crippen molar-refractivity contribution in [2.75, 3.05) is 26.9 Å². The molecule has 0 saturated heterocycles. The molecule has 0 fully saturated rings. The number of hydrogen-bond acceptors (Lipinski definition) is 9. The number of nitrogens with one attached hydrogen (secondary N) is 1. The first-order valence-electron chi connectivity index (χ1n) is 10.7. The smallest absolute Gasteiger partial charge is 0.287 e. The van der Waals surface area contributed by atoms with Gasteiger partial charge in [0.1, 0.15) is 0 Å². The summed E-state index contributed by atoms with van der Waals surface area (Å²) in [6, 6.07) is 14.3. The van der Waals surface area contributed by atoms with Crippen molar-refractivity contribution in [3.8, 4) is 11.3 Å². The highest BCUT2D eigenvalue weighted by Gasteiger charge is 2.17. The largest absolute Gasteiger partial charge is 0.395 e. The number of H-pyrrole nitrogens is 1. The molecule has 0 saturated carbocycles. The predicted molar refractivity (Wildman–Crippen MR) is 149 cm³/mol. The van der Waals surface area contributed by atoms with Crippen molar-refractivity contribution in [2.45, 2.75) is 6.54 Å². The Bertz CT molecular complexity index is 1530. The molecule has 0 aliphatic heterocycles. The third kappa shape index (κ3) is 6.74. The molecular formula is C22H26BrN5O7PS+. The second-order valence-corrected chi connectivity index (χ2v) is 10.0. The zero-order chi connectivity index (χ0) is 26.9. The summed E-state index contributed by atoms with van der Waals surface area (Å²) in [6.07, 6.45) is 1.74. The van der Waals surface area contributed by atoms with Gasteiger partial charge in [0.05, 0.1) is 25.5 Å². The number of aromatic nitrogens is 5. The van der Waals surface area contributed by atoms with Crippen molar-refractivity contribution < 1.29 is 29.8 Å². The maximum absolute atomic E-state index is 12.9. The van der Waals surface area contributed by atoms with Crippen LogP contribution in [0.1, 0.15) is 0 Å². The molecule has 0 bridgehead atoms. The van der Waals surface area contributed by atoms with Gasteiger partial charge in [0.15, 0.2) is 15.9 Å². The van der Waals surface area contributed by atoms with Gasteiger partial charge in [0, 0.05) is 25.4 Å². The van der Waals surface area contributed by atoms with Crippen LogP contribution in [0, 0.1) is 0 Å². The van der Waals surface area contributed by atoms with E-state index in [1.165, 1.54) is 11.5 Å². The van der Waals surface area contributed by atoms with Crippen molar-refractivity contribution >= 4 is 63.5 Å². The number of thiol groups is 1. The van der Waals surface area contributed by atoms with Gasteiger partial charge >= 0.3 is 0 Å². The number of halogens is 1. The molecule has 0 amide bonds. The maximum Gasteiger partial charge on any atom is 0.287 e. The number of aromatic amines is 1. The van der Waals surface area contributed by atoms with E-state index in [9.17, 15) is 9.90 Å². The molecule has 198 valence electrons. The monoisotopic (exact) mass is 614 g/mol. The summed E-state index contributed by atoms with van der Waals surface area (Å²) in [5.74, 6) is 0.433. The lowest BCUT2D eigenvalue weighted by atomic mass is 10.1. The SMILES string of the molecule is COP(S)OCCO.O=c1c2nc(Br)n(CCO)c2nc2[nH]c(-c3ccc4ccccc4c3)cn12.O[OH2+]. The minimum atomic E-state index is -1.05. The Labute approximate surface area is 225 Å². The lowest BCUT2D eigenvalue weighted by molar-refractivity contribution is -0.176. The van der Waals surface area contributed by atoms with E-state index in [-0.39, 0.29) is 24.3 Å². The molecule has 12 nitrogen and oxygen atoms in total. The standard InChI is InChI=1S/C19H14BrN5O2.C3H9O3PS.H2O2/c20-18-22-15-16(24(18)7-8-26)23-19-21-14(10-25(19)17(15)27)13-6-5-11-3-1-2-4-12(11)9-13;1-5-7(8)6-3-2-4;1-2/h1-6,9-10,26H,7-8H2,(H,21,23);4,8H,2-3H2,1H3;1-2H/p+1. The van der Waals surface area contributed by atoms with Crippen LogP contribution in [-0.2, 0) is 15.6 Å². The lowest BCUT2D eigenvalue weighted by Crippen LogP contribution is -2.14. The van der Waals surface area contributed by atoms with Gasteiger partial charge in [0.2, 0.25) is 13.4 Å². The van der Waals surface area contributed by atoms with E-state index in [0.717, 1.165) is 22.0 Å². The molecular weight excluding hydrogens is 589 g/mol. The molecule has 3 aromatic heterocycles. The summed E-state index contributed by atoms with van der Waals surface area (Å²) in [7, 11) is 0.460. The van der Waals surface area contributed by atoms with Crippen LogP contribution in [0.2, 0.25) is 0 Å². The summed E-state index contributed by atoms with van der Waals surface area (Å²) in [5, 5.41) is 30.7. The number of aliphatic hydroxyl groups is 2. The molecule has 0 radical (unpaired) electrons. The number of benzene rings is 2. The minimum absolute atomic E-state index is 0.0166. The van der Waals surface area contributed by atoms with Crippen molar-refractivity contribution in [1.29, 1.82) is 0 Å². The quantitative estimate of drug-likeness (QED) is 0.0465. The number of aliphatic hydroxyl groups excluding tert-OH is 2. The third-order valence-electron chi connectivity index (χ3n) is 5.09. The van der Waals surface area contributed by atoms with Crippen molar-refractivity contribution in [2.24, 2.45) is 0 Å². The molecule has 5 aromatic rings. The number of hydrogen-bond donors (Lipinski definition) is 5. The van der Waals surface area contributed by atoms with Gasteiger partial charge in [0.25, 0.3) is 5.56 Å². The molecule has 3 heterocycles. The summed E-state index contributed by atoms with van der Waals surface area (Å²) in [6.45, 7) is 0.544. The Morgan fingerprint density at radius 3 is 2.54 bits per heavy atom. The van der Waals surface area contributed by atoms with Crippen LogP contribution in [0.15, 0.2) is 58.2 Å². The van der Waals surface area contributed by atoms with E-state index < -0.39 is 7.58 Å². The Balaban J connectivity index is 0.000000329. The maximum atomic E-state index is 12.9. The van der Waals surface area contributed by atoms with Crippen LogP contribution in [-0.4, -0.2) is 71.6 Å². The molecule has 15 heteroatoms. The van der Waals surface area contributed by atoms with E-state index >= 15 is 0 Å². The van der Waals surface area contributed by atoms with Crippen LogP contribution in [0.25, 0.3) is 39.0 Å². The van der Waals surface area contributed by atoms with Gasteiger partial charge in [-0.1, -0.05) is 48.6 Å². The number of fused-ring (bicyclic) bond motifs is 3. The lowest BCUT2D eigenvalue weighted by Gasteiger charge is -2.05. The second kappa shape index (κ2) is 14.0. The first-order chi connectivity index (χ1) is 18.0. The highest BCUT2D eigenvalue weighted by molar-refractivity contribution is 9.10. The van der Waals surface area contributed by atoms with Gasteiger partial charge in [-0.3, -0.25) is 10.1 Å². The summed E-state index contributed by atoms with van der Waals surface area (Å²) >= 11 is 7.20. The van der Waals surface area contributed by atoms with Gasteiger partial charge < -0.3 is 28.8 Å². The fraction of sp³-hybridized carbons (Fsp3) is 0.227. The molecule has 5 rings (SSSR count). The topological polar surface area (TPSA) is 170 Å². The Morgan fingerprint density at radius 1 is 1.14 bits per heavy atom. The highest BCUT2D eigenvalue weighted by Crippen LogP contribution is 2.41. The second-order valence-electron chi connectivity index (χ2n) is 7.25. The zero-order valence-electron chi connectivity index (χ0n) is 19.6. The van der Waals surface area contributed by atoms with Crippen LogP contribution in [0.4, 0.5) is 0 Å². The van der Waals surface area contributed by atoms with E-state index in [2.05, 4.69) is 71.9 Å². The number of rotatable bonds is 7. The van der Waals surface area contributed by atoms with Gasteiger partial charge in [-0.2, -0.15) is 4.98 Å². The van der Waals surface area contributed by atoms with Gasteiger partial charge in [-0.05, 0) is 32.8 Å². The Hall–Kier alpha value is -2.39. The van der Waals surface area contributed by atoms with E-state index in [0.29, 0.717) is 29.3 Å². The molecule has 0 aliphatic carbocycles. The van der Waals surface area contributed by atoms with Crippen LogP contribution < -0.4 is 5.56 Å². The average molecular weight is 615 g/mol. The molecule has 1 unspecified atom stereocenters. The Morgan fingerprint density at radius 2 is 1.86 bits per heavy atom. The molecule has 0 spiro atoms. The first kappa shape index (κ1) is 29.2. The van der Waals surface area contributed by atoms with Gasteiger partial charge in [-0.15, -0.1) is 5.26 Å². The normalized spacial score (nSPS) is 11.8. The average Bonchev–Trinajstić information content (AvgIpc) is 3.50. The van der Waals surface area contributed by atoms with Crippen molar-refractivity contribution in [1.82, 2.24) is 23.9 Å². The minimum Gasteiger partial charge on any atom is -0.395 e. The summed E-state index contributed by atoms with van der Waals surface area (Å²) < 4.78 is 13.1. The van der Waals surface area contributed by atoms with Crippen LogP contribution in [0.5, 0.6) is 0 Å². The van der Waals surface area contributed by atoms with Crippen molar-refractivity contribution in [3.05, 3.63) is 63.7 Å². The third-order valence-corrected chi connectivity index (χ3v) is 7.25. The predicted octanol–water partition coefficient (Wildman–Crippen LogP) is 2.93. The van der Waals surface area contributed by atoms with E-state index in [1.54, 1.807) is 10.8 Å². The van der Waals surface area contributed by atoms with E-state index in [1.807, 2.05) is 18.2 Å². The molecule has 37 heavy (non-hydrogen) atoms. The number of imidazole rings is 2. The molecule has 6 N–H and O–H groups in total. The fourth-order valence-corrected chi connectivity index (χ4v) is 4.61. The highest BCUT2D eigenvalue weighted by atomic mass is 79.9. The molecule has 0 aliphatic rings. The van der Waals surface area contributed by atoms with Gasteiger partial charge in [-0.25, -0.2) is 9.38 Å². The van der Waals surface area contributed by atoms with Crippen LogP contribution in [0.3, 0.4) is 0 Å². The van der Waals surface area contributed by atoms with E-state index in [4.69, 9.17) is 20.1 Å². The fourth-order valence-electron chi connectivity index (χ4n) is 3.50. The molecule has 1 atom stereocenters. The number of nitrogens with zero attached hydrogens (tertiary/aromatic N) is 4. The van der Waals surface area contributed by atoms with Crippen LogP contribution >= 0.6 is 35.8 Å². The summed E-state index contributed by atoms with van der Waals surface area (Å²) in [4.78, 5) is 24.9. The first-order valence-corrected chi connectivity index (χ1v) is 13.9.